The molecule has 1 saturated carbocycles. The molecule has 0 unspecified atom stereocenters. The minimum atomic E-state index is -0.0208. The maximum absolute atomic E-state index is 13.3. The molecule has 1 amide bonds. The molecule has 0 radical (unpaired) electrons. The zero-order valence-electron chi connectivity index (χ0n) is 14.0. The number of methoxy groups -OCH3 is 1. The van der Waals surface area contributed by atoms with E-state index < -0.39 is 0 Å². The molecule has 4 atom stereocenters. The topological polar surface area (TPSA) is 32.8 Å². The molecule has 1 aromatic rings. The zero-order chi connectivity index (χ0) is 16.1. The van der Waals surface area contributed by atoms with Crippen molar-refractivity contribution < 1.29 is 9.53 Å². The van der Waals surface area contributed by atoms with Gasteiger partial charge in [0.1, 0.15) is 5.75 Å². The van der Waals surface area contributed by atoms with Crippen molar-refractivity contribution in [3.8, 4) is 5.75 Å². The highest BCUT2D eigenvalue weighted by molar-refractivity contribution is 6.01. The smallest absolute Gasteiger partial charge is 0.228 e. The van der Waals surface area contributed by atoms with E-state index in [1.165, 1.54) is 5.56 Å². The van der Waals surface area contributed by atoms with Gasteiger partial charge in [0.05, 0.1) is 18.3 Å². The van der Waals surface area contributed by atoms with E-state index >= 15 is 0 Å². The summed E-state index contributed by atoms with van der Waals surface area (Å²) in [6.45, 7) is 2.19. The number of ether oxygens (including phenoxy) is 1. The van der Waals surface area contributed by atoms with Gasteiger partial charge in [-0.15, -0.1) is 0 Å². The van der Waals surface area contributed by atoms with Crippen LogP contribution in [0.2, 0.25) is 0 Å². The van der Waals surface area contributed by atoms with Crippen LogP contribution < -0.4 is 9.64 Å². The van der Waals surface area contributed by atoms with Crippen LogP contribution in [0.15, 0.2) is 30.4 Å². The first kappa shape index (κ1) is 13.5. The third-order valence-electron chi connectivity index (χ3n) is 7.47. The number of rotatable bonds is 1. The normalized spacial score (nSPS) is 41.4. The Morgan fingerprint density at radius 1 is 1.29 bits per heavy atom. The number of nitrogens with zero attached hydrogens (tertiary/aromatic N) is 2. The number of piperidine rings is 2. The van der Waals surface area contributed by atoms with Crippen molar-refractivity contribution >= 4 is 11.6 Å². The van der Waals surface area contributed by atoms with Crippen molar-refractivity contribution in [2.24, 2.45) is 5.41 Å². The van der Waals surface area contributed by atoms with Gasteiger partial charge in [0.25, 0.3) is 0 Å². The van der Waals surface area contributed by atoms with E-state index in [4.69, 9.17) is 4.74 Å². The van der Waals surface area contributed by atoms with Crippen LogP contribution in [0.1, 0.15) is 37.2 Å². The lowest BCUT2D eigenvalue weighted by Crippen LogP contribution is -2.72. The van der Waals surface area contributed by atoms with Gasteiger partial charge in [0.2, 0.25) is 5.91 Å². The summed E-state index contributed by atoms with van der Waals surface area (Å²) in [7, 11) is 1.70. The van der Waals surface area contributed by atoms with Gasteiger partial charge in [-0.25, -0.2) is 0 Å². The number of fused-ring (bicyclic) bond motifs is 3. The quantitative estimate of drug-likeness (QED) is 0.745. The van der Waals surface area contributed by atoms with Gasteiger partial charge in [-0.2, -0.15) is 0 Å². The number of carbonyl (C=O) groups excluding carboxylic acids is 1. The van der Waals surface area contributed by atoms with E-state index in [-0.39, 0.29) is 11.0 Å². The molecule has 4 aliphatic heterocycles. The molecule has 4 nitrogen and oxygen atoms in total. The lowest BCUT2D eigenvalue weighted by atomic mass is 9.63. The first-order valence-corrected chi connectivity index (χ1v) is 9.12. The fourth-order valence-corrected chi connectivity index (χ4v) is 6.87. The molecule has 5 aliphatic rings. The van der Waals surface area contributed by atoms with E-state index in [0.717, 1.165) is 43.8 Å². The van der Waals surface area contributed by atoms with Crippen molar-refractivity contribution in [1.82, 2.24) is 4.90 Å². The molecule has 4 heterocycles. The maximum Gasteiger partial charge on any atom is 0.228 e. The van der Waals surface area contributed by atoms with Crippen molar-refractivity contribution in [1.29, 1.82) is 0 Å². The summed E-state index contributed by atoms with van der Waals surface area (Å²) in [4.78, 5) is 18.1. The third-order valence-corrected chi connectivity index (χ3v) is 7.47. The monoisotopic (exact) mass is 322 g/mol. The highest BCUT2D eigenvalue weighted by atomic mass is 16.5. The Morgan fingerprint density at radius 2 is 2.21 bits per heavy atom. The number of carbonyl (C=O) groups is 1. The molecule has 2 bridgehead atoms. The molecule has 24 heavy (non-hydrogen) atoms. The molecule has 0 aromatic heterocycles. The molecular formula is C20H22N2O2. The van der Waals surface area contributed by atoms with Crippen LogP contribution in [0.4, 0.5) is 5.69 Å². The highest BCUT2D eigenvalue weighted by Gasteiger charge is 2.72. The number of hydrogen-bond donors (Lipinski definition) is 0. The van der Waals surface area contributed by atoms with Crippen LogP contribution in [0.5, 0.6) is 5.75 Å². The van der Waals surface area contributed by atoms with Crippen molar-refractivity contribution in [2.75, 3.05) is 25.1 Å². The second kappa shape index (κ2) is 4.05. The molecule has 6 rings (SSSR count). The standard InChI is InChI=1S/C20H22N2O2/c1-24-13-3-4-14-15-5-10-21-9-2-6-19-7-8-20(15,18(19)21)22(16(14)11-13)17(23)12-19/h2-4,6,11,15,18H,5,7-10,12H2,1H3/t15-,18-,19-,20+/m0/s1. The van der Waals surface area contributed by atoms with Crippen molar-refractivity contribution in [3.63, 3.8) is 0 Å². The molecule has 0 N–H and O–H groups in total. The lowest BCUT2D eigenvalue weighted by Gasteiger charge is -2.59. The van der Waals surface area contributed by atoms with Gasteiger partial charge < -0.3 is 9.64 Å². The van der Waals surface area contributed by atoms with Crippen molar-refractivity contribution in [2.45, 2.75) is 43.2 Å². The number of amides is 1. The van der Waals surface area contributed by atoms with Crippen LogP contribution in [0.25, 0.3) is 0 Å². The average Bonchev–Trinajstić information content (AvgIpc) is 3.04. The Bertz CT molecular complexity index is 803. The van der Waals surface area contributed by atoms with Gasteiger partial charge in [0, 0.05) is 36.4 Å². The van der Waals surface area contributed by atoms with E-state index in [0.29, 0.717) is 24.3 Å². The van der Waals surface area contributed by atoms with Gasteiger partial charge in [-0.05, 0) is 37.4 Å². The summed E-state index contributed by atoms with van der Waals surface area (Å²) in [5.41, 5.74) is 2.55. The van der Waals surface area contributed by atoms with Gasteiger partial charge >= 0.3 is 0 Å². The molecule has 4 heteroatoms. The Kier molecular flexibility index (Phi) is 2.27. The van der Waals surface area contributed by atoms with Gasteiger partial charge in [-0.3, -0.25) is 9.69 Å². The number of benzene rings is 1. The van der Waals surface area contributed by atoms with Crippen LogP contribution in [0, 0.1) is 5.41 Å². The summed E-state index contributed by atoms with van der Waals surface area (Å²) in [6, 6.07) is 6.86. The fourth-order valence-electron chi connectivity index (χ4n) is 6.87. The van der Waals surface area contributed by atoms with E-state index in [1.807, 2.05) is 0 Å². The molecule has 1 spiro atoms. The first-order valence-electron chi connectivity index (χ1n) is 9.12. The second-order valence-corrected chi connectivity index (χ2v) is 8.20. The summed E-state index contributed by atoms with van der Waals surface area (Å²) in [5.74, 6) is 1.65. The molecular weight excluding hydrogens is 300 g/mol. The lowest BCUT2D eigenvalue weighted by molar-refractivity contribution is -0.127. The predicted molar refractivity (Wildman–Crippen MR) is 91.4 cm³/mol. The summed E-state index contributed by atoms with van der Waals surface area (Å²) in [5, 5.41) is 0. The average molecular weight is 322 g/mol. The molecule has 2 saturated heterocycles. The van der Waals surface area contributed by atoms with Crippen LogP contribution in [-0.4, -0.2) is 42.6 Å². The highest BCUT2D eigenvalue weighted by Crippen LogP contribution is 2.68. The fraction of sp³-hybridized carbons (Fsp3) is 0.550. The minimum Gasteiger partial charge on any atom is -0.497 e. The summed E-state index contributed by atoms with van der Waals surface area (Å²) >= 11 is 0. The van der Waals surface area contributed by atoms with Gasteiger partial charge in [0.15, 0.2) is 0 Å². The second-order valence-electron chi connectivity index (χ2n) is 8.20. The third kappa shape index (κ3) is 1.25. The van der Waals surface area contributed by atoms with Crippen LogP contribution >= 0.6 is 0 Å². The van der Waals surface area contributed by atoms with E-state index in [1.54, 1.807) is 7.11 Å². The largest absolute Gasteiger partial charge is 0.497 e. The zero-order valence-corrected chi connectivity index (χ0v) is 14.0. The Labute approximate surface area is 142 Å². The number of anilines is 1. The Balaban J connectivity index is 1.63. The van der Waals surface area contributed by atoms with Crippen LogP contribution in [-0.2, 0) is 4.79 Å². The SMILES string of the molecule is COc1ccc2c(c1)N1C(=O)C[C@]34C=CCN5CC[C@@H]2[C@]1(CC3)[C@@H]54. The summed E-state index contributed by atoms with van der Waals surface area (Å²) < 4.78 is 5.46. The van der Waals surface area contributed by atoms with Gasteiger partial charge in [-0.1, -0.05) is 18.2 Å². The molecule has 124 valence electrons. The molecule has 3 fully saturated rings. The Hall–Kier alpha value is -1.81. The molecule has 1 aliphatic carbocycles. The predicted octanol–water partition coefficient (Wildman–Crippen LogP) is 2.69. The first-order chi connectivity index (χ1) is 11.7. The van der Waals surface area contributed by atoms with Crippen molar-refractivity contribution in [3.05, 3.63) is 35.9 Å². The molecule has 1 aromatic carbocycles. The van der Waals surface area contributed by atoms with E-state index in [9.17, 15) is 4.79 Å². The minimum absolute atomic E-state index is 0.0208. The number of hydrogen-bond acceptors (Lipinski definition) is 3. The van der Waals surface area contributed by atoms with Crippen LogP contribution in [0.3, 0.4) is 0 Å². The van der Waals surface area contributed by atoms with E-state index in [2.05, 4.69) is 40.2 Å². The maximum atomic E-state index is 13.3. The Morgan fingerprint density at radius 3 is 3.08 bits per heavy atom. The summed E-state index contributed by atoms with van der Waals surface area (Å²) in [6.07, 6.45) is 8.80.